The Bertz CT molecular complexity index is 461. The number of hydrogen-bond acceptors (Lipinski definition) is 4. The SMILES string of the molecule is CN1C2CCC1CN(C(CN)c1cc(Br)c(Cl)s1)CC2. The summed E-state index contributed by atoms with van der Waals surface area (Å²) in [5.74, 6) is 0. The van der Waals surface area contributed by atoms with Crippen LogP contribution in [-0.2, 0) is 0 Å². The highest BCUT2D eigenvalue weighted by Crippen LogP contribution is 2.38. The second-order valence-corrected chi connectivity index (χ2v) is 8.40. The zero-order valence-corrected chi connectivity index (χ0v) is 14.8. The van der Waals surface area contributed by atoms with Gasteiger partial charge in [-0.25, -0.2) is 0 Å². The van der Waals surface area contributed by atoms with Gasteiger partial charge in [-0.3, -0.25) is 9.80 Å². The van der Waals surface area contributed by atoms with Gasteiger partial charge in [0.05, 0.1) is 6.04 Å². The van der Waals surface area contributed by atoms with Crippen molar-refractivity contribution in [1.82, 2.24) is 9.80 Å². The molecule has 2 saturated heterocycles. The van der Waals surface area contributed by atoms with Gasteiger partial charge in [0.1, 0.15) is 4.34 Å². The third-order valence-electron chi connectivity index (χ3n) is 4.84. The summed E-state index contributed by atoms with van der Waals surface area (Å²) in [5, 5.41) is 0. The molecular formula is C14H21BrClN3S. The molecule has 0 aliphatic carbocycles. The summed E-state index contributed by atoms with van der Waals surface area (Å²) >= 11 is 11.3. The molecule has 0 amide bonds. The van der Waals surface area contributed by atoms with Crippen LogP contribution in [0.3, 0.4) is 0 Å². The van der Waals surface area contributed by atoms with E-state index in [0.717, 1.165) is 27.9 Å². The van der Waals surface area contributed by atoms with Crippen LogP contribution in [0.2, 0.25) is 4.34 Å². The fourth-order valence-corrected chi connectivity index (χ4v) is 5.48. The van der Waals surface area contributed by atoms with E-state index in [4.69, 9.17) is 17.3 Å². The fraction of sp³-hybridized carbons (Fsp3) is 0.714. The van der Waals surface area contributed by atoms with Crippen molar-refractivity contribution < 1.29 is 0 Å². The molecule has 0 spiro atoms. The van der Waals surface area contributed by atoms with Crippen molar-refractivity contribution in [2.45, 2.75) is 37.4 Å². The van der Waals surface area contributed by atoms with Crippen molar-refractivity contribution in [3.63, 3.8) is 0 Å². The first kappa shape index (κ1) is 15.3. The Morgan fingerprint density at radius 2 is 2.20 bits per heavy atom. The van der Waals surface area contributed by atoms with Gasteiger partial charge in [-0.2, -0.15) is 0 Å². The normalized spacial score (nSPS) is 29.6. The lowest BCUT2D eigenvalue weighted by atomic mass is 10.1. The predicted octanol–water partition coefficient (Wildman–Crippen LogP) is 3.33. The molecule has 3 atom stereocenters. The third kappa shape index (κ3) is 2.81. The van der Waals surface area contributed by atoms with Crippen LogP contribution < -0.4 is 5.73 Å². The summed E-state index contributed by atoms with van der Waals surface area (Å²) in [4.78, 5) is 6.42. The van der Waals surface area contributed by atoms with Crippen LogP contribution in [0.5, 0.6) is 0 Å². The Morgan fingerprint density at radius 1 is 1.45 bits per heavy atom. The summed E-state index contributed by atoms with van der Waals surface area (Å²) < 4.78 is 1.82. The molecule has 2 aliphatic rings. The molecule has 2 N–H and O–H groups in total. The molecule has 1 aromatic rings. The van der Waals surface area contributed by atoms with Crippen molar-refractivity contribution in [2.75, 3.05) is 26.7 Å². The van der Waals surface area contributed by atoms with E-state index >= 15 is 0 Å². The Morgan fingerprint density at radius 3 is 2.85 bits per heavy atom. The van der Waals surface area contributed by atoms with E-state index in [1.165, 1.54) is 24.1 Å². The lowest BCUT2D eigenvalue weighted by Gasteiger charge is -2.32. The van der Waals surface area contributed by atoms with E-state index in [1.807, 2.05) is 0 Å². The lowest BCUT2D eigenvalue weighted by Crippen LogP contribution is -2.40. The second-order valence-electron chi connectivity index (χ2n) is 5.86. The van der Waals surface area contributed by atoms with Crippen LogP contribution in [-0.4, -0.2) is 48.6 Å². The number of halogens is 2. The molecule has 0 radical (unpaired) electrons. The first-order valence-electron chi connectivity index (χ1n) is 7.21. The number of fused-ring (bicyclic) bond motifs is 2. The quantitative estimate of drug-likeness (QED) is 0.875. The number of nitrogens with two attached hydrogens (primary N) is 1. The largest absolute Gasteiger partial charge is 0.329 e. The summed E-state index contributed by atoms with van der Waals surface area (Å²) in [7, 11) is 2.28. The maximum Gasteiger partial charge on any atom is 0.107 e. The van der Waals surface area contributed by atoms with Crippen LogP contribution in [0.1, 0.15) is 30.2 Å². The van der Waals surface area contributed by atoms with E-state index in [2.05, 4.69) is 38.8 Å². The second kappa shape index (κ2) is 6.23. The average molecular weight is 379 g/mol. The van der Waals surface area contributed by atoms with E-state index in [-0.39, 0.29) is 0 Å². The lowest BCUT2D eigenvalue weighted by molar-refractivity contribution is 0.177. The fourth-order valence-electron chi connectivity index (χ4n) is 3.59. The van der Waals surface area contributed by atoms with Gasteiger partial charge in [0.2, 0.25) is 0 Å². The van der Waals surface area contributed by atoms with Gasteiger partial charge in [0, 0.05) is 41.1 Å². The van der Waals surface area contributed by atoms with Gasteiger partial charge in [-0.1, -0.05) is 11.6 Å². The van der Waals surface area contributed by atoms with Gasteiger partial charge >= 0.3 is 0 Å². The van der Waals surface area contributed by atoms with E-state index in [1.54, 1.807) is 11.3 Å². The standard InChI is InChI=1S/C14H21BrClN3S/c1-18-9-2-3-10(18)8-19(5-4-9)12(7-17)13-6-11(15)14(16)20-13/h6,9-10,12H,2-5,7-8,17H2,1H3. The molecular weight excluding hydrogens is 358 g/mol. The number of hydrogen-bond donors (Lipinski definition) is 1. The first-order chi connectivity index (χ1) is 9.60. The molecule has 3 unspecified atom stereocenters. The molecule has 3 nitrogen and oxygen atoms in total. The topological polar surface area (TPSA) is 32.5 Å². The molecule has 0 aromatic carbocycles. The maximum absolute atomic E-state index is 6.19. The summed E-state index contributed by atoms with van der Waals surface area (Å²) in [6, 6.07) is 3.89. The molecule has 1 aromatic heterocycles. The Kier molecular flexibility index (Phi) is 4.75. The summed E-state index contributed by atoms with van der Waals surface area (Å²) in [6.07, 6.45) is 3.94. The van der Waals surface area contributed by atoms with Crippen LogP contribution in [0, 0.1) is 0 Å². The molecule has 2 bridgehead atoms. The number of likely N-dealkylation sites (tertiary alicyclic amines) is 1. The first-order valence-corrected chi connectivity index (χ1v) is 9.19. The minimum atomic E-state index is 0.302. The number of likely N-dealkylation sites (N-methyl/N-ethyl adjacent to an activating group) is 1. The maximum atomic E-state index is 6.19. The summed E-state index contributed by atoms with van der Waals surface area (Å²) in [5.41, 5.74) is 6.07. The van der Waals surface area contributed by atoms with Gasteiger partial charge in [-0.15, -0.1) is 11.3 Å². The van der Waals surface area contributed by atoms with E-state index in [9.17, 15) is 0 Å². The van der Waals surface area contributed by atoms with Crippen LogP contribution in [0.15, 0.2) is 10.5 Å². The molecule has 6 heteroatoms. The van der Waals surface area contributed by atoms with Crippen molar-refractivity contribution >= 4 is 38.9 Å². The van der Waals surface area contributed by atoms with Crippen LogP contribution in [0.4, 0.5) is 0 Å². The zero-order valence-electron chi connectivity index (χ0n) is 11.7. The van der Waals surface area contributed by atoms with Crippen molar-refractivity contribution in [3.8, 4) is 0 Å². The molecule has 0 saturated carbocycles. The predicted molar refractivity (Wildman–Crippen MR) is 89.6 cm³/mol. The summed E-state index contributed by atoms with van der Waals surface area (Å²) in [6.45, 7) is 2.92. The number of thiophene rings is 1. The smallest absolute Gasteiger partial charge is 0.107 e. The Hall–Kier alpha value is 0.350. The number of rotatable bonds is 3. The van der Waals surface area contributed by atoms with Gasteiger partial charge < -0.3 is 5.73 Å². The highest BCUT2D eigenvalue weighted by atomic mass is 79.9. The van der Waals surface area contributed by atoms with Gasteiger partial charge in [0.25, 0.3) is 0 Å². The zero-order chi connectivity index (χ0) is 14.3. The minimum Gasteiger partial charge on any atom is -0.329 e. The Labute approximate surface area is 138 Å². The van der Waals surface area contributed by atoms with Gasteiger partial charge in [-0.05, 0) is 48.3 Å². The molecule has 20 heavy (non-hydrogen) atoms. The van der Waals surface area contributed by atoms with Gasteiger partial charge in [0.15, 0.2) is 0 Å². The highest BCUT2D eigenvalue weighted by Gasteiger charge is 2.36. The van der Waals surface area contributed by atoms with E-state index < -0.39 is 0 Å². The Balaban J connectivity index is 1.79. The average Bonchev–Trinajstić information content (AvgIpc) is 2.84. The van der Waals surface area contributed by atoms with E-state index in [0.29, 0.717) is 18.6 Å². The van der Waals surface area contributed by atoms with Crippen molar-refractivity contribution in [1.29, 1.82) is 0 Å². The molecule has 112 valence electrons. The molecule has 3 rings (SSSR count). The van der Waals surface area contributed by atoms with Crippen molar-refractivity contribution in [2.24, 2.45) is 5.73 Å². The van der Waals surface area contributed by atoms with Crippen molar-refractivity contribution in [3.05, 3.63) is 19.8 Å². The molecule has 3 heterocycles. The molecule has 2 aliphatic heterocycles. The monoisotopic (exact) mass is 377 g/mol. The van der Waals surface area contributed by atoms with Crippen LogP contribution >= 0.6 is 38.9 Å². The highest BCUT2D eigenvalue weighted by molar-refractivity contribution is 9.10. The van der Waals surface area contributed by atoms with Crippen LogP contribution in [0.25, 0.3) is 0 Å². The third-order valence-corrected chi connectivity index (χ3v) is 7.41. The number of nitrogens with zero attached hydrogens (tertiary/aromatic N) is 2. The minimum absolute atomic E-state index is 0.302. The molecule has 2 fully saturated rings.